The first-order chi connectivity index (χ1) is 8.95. The lowest BCUT2D eigenvalue weighted by atomic mass is 9.86. The number of aromatic amines is 1. The van der Waals surface area contributed by atoms with E-state index in [2.05, 4.69) is 56.2 Å². The molecular weight excluding hydrogens is 232 g/mol. The van der Waals surface area contributed by atoms with Crippen LogP contribution in [0.2, 0.25) is 0 Å². The summed E-state index contributed by atoms with van der Waals surface area (Å²) in [5.74, 6) is 0. The molecule has 2 nitrogen and oxygen atoms in total. The van der Waals surface area contributed by atoms with Gasteiger partial charge in [0.25, 0.3) is 0 Å². The molecule has 1 fully saturated rings. The quantitative estimate of drug-likeness (QED) is 0.852. The fourth-order valence-corrected chi connectivity index (χ4v) is 2.56. The first-order valence-corrected chi connectivity index (χ1v) is 7.30. The summed E-state index contributed by atoms with van der Waals surface area (Å²) in [7, 11) is 0. The van der Waals surface area contributed by atoms with E-state index in [0.29, 0.717) is 0 Å². The number of fused-ring (bicyclic) bond motifs is 1. The molecule has 0 bridgehead atoms. The van der Waals surface area contributed by atoms with Gasteiger partial charge in [0, 0.05) is 29.2 Å². The fourth-order valence-electron chi connectivity index (χ4n) is 2.56. The van der Waals surface area contributed by atoms with Crippen LogP contribution < -0.4 is 5.32 Å². The Bertz CT molecular complexity index is 597. The molecule has 102 valence electrons. The van der Waals surface area contributed by atoms with Gasteiger partial charge in [-0.15, -0.1) is 0 Å². The SMILES string of the molecule is Cc1c(CNC2CC2)[nH]c2ccc(C(C)(C)C)cc12. The van der Waals surface area contributed by atoms with E-state index in [9.17, 15) is 0 Å². The number of rotatable bonds is 3. The van der Waals surface area contributed by atoms with Crippen molar-refractivity contribution in [3.63, 3.8) is 0 Å². The van der Waals surface area contributed by atoms with Gasteiger partial charge in [-0.25, -0.2) is 0 Å². The zero-order chi connectivity index (χ0) is 13.6. The van der Waals surface area contributed by atoms with Crippen molar-refractivity contribution in [2.45, 2.75) is 58.5 Å². The summed E-state index contributed by atoms with van der Waals surface area (Å²) in [5, 5.41) is 4.96. The van der Waals surface area contributed by atoms with Crippen LogP contribution in [0.4, 0.5) is 0 Å². The summed E-state index contributed by atoms with van der Waals surface area (Å²) in [4.78, 5) is 3.56. The zero-order valence-electron chi connectivity index (χ0n) is 12.4. The third-order valence-electron chi connectivity index (χ3n) is 4.17. The van der Waals surface area contributed by atoms with Gasteiger partial charge in [0.15, 0.2) is 0 Å². The minimum Gasteiger partial charge on any atom is -0.357 e. The predicted octanol–water partition coefficient (Wildman–Crippen LogP) is 4.03. The Morgan fingerprint density at radius 3 is 2.63 bits per heavy atom. The molecule has 0 unspecified atom stereocenters. The molecule has 0 amide bonds. The van der Waals surface area contributed by atoms with E-state index in [4.69, 9.17) is 0 Å². The number of aromatic nitrogens is 1. The van der Waals surface area contributed by atoms with Crippen molar-refractivity contribution in [2.75, 3.05) is 0 Å². The van der Waals surface area contributed by atoms with Crippen LogP contribution in [0, 0.1) is 6.92 Å². The molecule has 1 saturated carbocycles. The molecule has 0 atom stereocenters. The fraction of sp³-hybridized carbons (Fsp3) is 0.529. The molecule has 1 heterocycles. The summed E-state index contributed by atoms with van der Waals surface area (Å²) < 4.78 is 0. The molecule has 3 rings (SSSR count). The van der Waals surface area contributed by atoms with E-state index in [1.54, 1.807) is 0 Å². The molecule has 0 spiro atoms. The van der Waals surface area contributed by atoms with E-state index < -0.39 is 0 Å². The van der Waals surface area contributed by atoms with E-state index >= 15 is 0 Å². The number of H-pyrrole nitrogens is 1. The number of benzene rings is 1. The Balaban J connectivity index is 1.95. The smallest absolute Gasteiger partial charge is 0.0459 e. The third kappa shape index (κ3) is 2.55. The Morgan fingerprint density at radius 2 is 2.00 bits per heavy atom. The maximum Gasteiger partial charge on any atom is 0.0459 e. The van der Waals surface area contributed by atoms with Crippen LogP contribution >= 0.6 is 0 Å². The van der Waals surface area contributed by atoms with Crippen molar-refractivity contribution in [1.29, 1.82) is 0 Å². The van der Waals surface area contributed by atoms with Crippen molar-refractivity contribution >= 4 is 10.9 Å². The van der Waals surface area contributed by atoms with E-state index in [-0.39, 0.29) is 5.41 Å². The van der Waals surface area contributed by atoms with Gasteiger partial charge in [-0.1, -0.05) is 26.8 Å². The van der Waals surface area contributed by atoms with Crippen molar-refractivity contribution in [2.24, 2.45) is 0 Å². The van der Waals surface area contributed by atoms with Gasteiger partial charge in [0.05, 0.1) is 0 Å². The molecule has 1 aliphatic carbocycles. The highest BCUT2D eigenvalue weighted by atomic mass is 15.0. The molecule has 0 radical (unpaired) electrons. The van der Waals surface area contributed by atoms with Gasteiger partial charge in [0.2, 0.25) is 0 Å². The van der Waals surface area contributed by atoms with Crippen LogP contribution in [0.5, 0.6) is 0 Å². The lowest BCUT2D eigenvalue weighted by molar-refractivity contribution is 0.591. The summed E-state index contributed by atoms with van der Waals surface area (Å²) in [6.45, 7) is 10.0. The molecule has 2 N–H and O–H groups in total. The van der Waals surface area contributed by atoms with Gasteiger partial charge >= 0.3 is 0 Å². The normalized spacial score (nSPS) is 16.2. The van der Waals surface area contributed by atoms with Crippen LogP contribution in [-0.2, 0) is 12.0 Å². The first kappa shape index (κ1) is 12.7. The van der Waals surface area contributed by atoms with Crippen LogP contribution in [0.25, 0.3) is 10.9 Å². The van der Waals surface area contributed by atoms with Gasteiger partial charge in [-0.05, 0) is 48.4 Å². The van der Waals surface area contributed by atoms with Crippen molar-refractivity contribution in [1.82, 2.24) is 10.3 Å². The molecular formula is C17H24N2. The lowest BCUT2D eigenvalue weighted by Crippen LogP contribution is -2.16. The van der Waals surface area contributed by atoms with Crippen LogP contribution in [0.15, 0.2) is 18.2 Å². The second-order valence-corrected chi connectivity index (χ2v) is 6.89. The zero-order valence-corrected chi connectivity index (χ0v) is 12.4. The van der Waals surface area contributed by atoms with E-state index in [1.165, 1.54) is 40.6 Å². The summed E-state index contributed by atoms with van der Waals surface area (Å²) in [6.07, 6.45) is 2.68. The minimum absolute atomic E-state index is 0.213. The van der Waals surface area contributed by atoms with Gasteiger partial charge < -0.3 is 10.3 Å². The first-order valence-electron chi connectivity index (χ1n) is 7.30. The van der Waals surface area contributed by atoms with Crippen LogP contribution in [0.1, 0.15) is 50.4 Å². The Morgan fingerprint density at radius 1 is 1.26 bits per heavy atom. The van der Waals surface area contributed by atoms with Crippen molar-refractivity contribution < 1.29 is 0 Å². The van der Waals surface area contributed by atoms with Crippen LogP contribution in [-0.4, -0.2) is 11.0 Å². The number of nitrogens with one attached hydrogen (secondary N) is 2. The monoisotopic (exact) mass is 256 g/mol. The van der Waals surface area contributed by atoms with E-state index in [1.807, 2.05) is 0 Å². The molecule has 19 heavy (non-hydrogen) atoms. The van der Waals surface area contributed by atoms with Gasteiger partial charge in [0.1, 0.15) is 0 Å². The Kier molecular flexibility index (Phi) is 2.94. The lowest BCUT2D eigenvalue weighted by Gasteiger charge is -2.18. The van der Waals surface area contributed by atoms with Crippen molar-refractivity contribution in [3.05, 3.63) is 35.0 Å². The minimum atomic E-state index is 0.213. The molecule has 0 saturated heterocycles. The highest BCUT2D eigenvalue weighted by Crippen LogP contribution is 2.29. The summed E-state index contributed by atoms with van der Waals surface area (Å²) >= 11 is 0. The van der Waals surface area contributed by atoms with Gasteiger partial charge in [-0.2, -0.15) is 0 Å². The Hall–Kier alpha value is -1.28. The average Bonchev–Trinajstić information content (AvgIpc) is 3.11. The topological polar surface area (TPSA) is 27.8 Å². The maximum absolute atomic E-state index is 3.59. The average molecular weight is 256 g/mol. The largest absolute Gasteiger partial charge is 0.357 e. The number of aryl methyl sites for hydroxylation is 1. The highest BCUT2D eigenvalue weighted by Gasteiger charge is 2.21. The Labute approximate surface area is 115 Å². The van der Waals surface area contributed by atoms with Gasteiger partial charge in [-0.3, -0.25) is 0 Å². The second-order valence-electron chi connectivity index (χ2n) is 6.89. The third-order valence-corrected chi connectivity index (χ3v) is 4.17. The number of hydrogen-bond donors (Lipinski definition) is 2. The molecule has 2 heteroatoms. The predicted molar refractivity (Wildman–Crippen MR) is 81.6 cm³/mol. The molecule has 1 aromatic carbocycles. The van der Waals surface area contributed by atoms with Crippen molar-refractivity contribution in [3.8, 4) is 0 Å². The number of hydrogen-bond acceptors (Lipinski definition) is 1. The summed E-state index contributed by atoms with van der Waals surface area (Å²) in [5.41, 5.74) is 5.62. The second kappa shape index (κ2) is 4.38. The maximum atomic E-state index is 3.59. The standard InChI is InChI=1S/C17H24N2/c1-11-14-9-12(17(2,3)4)5-8-15(14)19-16(11)10-18-13-6-7-13/h5,8-9,13,18-19H,6-7,10H2,1-4H3. The molecule has 1 aliphatic rings. The summed E-state index contributed by atoms with van der Waals surface area (Å²) in [6, 6.07) is 7.58. The molecule has 2 aromatic rings. The highest BCUT2D eigenvalue weighted by molar-refractivity contribution is 5.85. The molecule has 1 aromatic heterocycles. The molecule has 0 aliphatic heterocycles. The van der Waals surface area contributed by atoms with Crippen LogP contribution in [0.3, 0.4) is 0 Å². The van der Waals surface area contributed by atoms with E-state index in [0.717, 1.165) is 12.6 Å².